The lowest BCUT2D eigenvalue weighted by Crippen LogP contribution is -2.10. The normalized spacial score (nSPS) is 11.2. The van der Waals surface area contributed by atoms with Gasteiger partial charge in [0.15, 0.2) is 0 Å². The summed E-state index contributed by atoms with van der Waals surface area (Å²) in [5, 5.41) is 2.66. The molecule has 136 valence electrons. The van der Waals surface area contributed by atoms with Crippen LogP contribution in [0.25, 0.3) is 0 Å². The second-order valence-electron chi connectivity index (χ2n) is 6.76. The summed E-state index contributed by atoms with van der Waals surface area (Å²) in [6.07, 6.45) is 2.61. The van der Waals surface area contributed by atoms with Gasteiger partial charge in [0.25, 0.3) is 5.91 Å². The van der Waals surface area contributed by atoms with Crippen LogP contribution in [0.3, 0.4) is 0 Å². The van der Waals surface area contributed by atoms with Crippen molar-refractivity contribution in [2.24, 2.45) is 0 Å². The molecule has 2 aromatic rings. The topological polar surface area (TPSA) is 64.6 Å². The maximum Gasteiger partial charge on any atom is 0.337 e. The summed E-state index contributed by atoms with van der Waals surface area (Å²) in [6, 6.07) is 14.2. The Labute approximate surface area is 153 Å². The Kier molecular flexibility index (Phi) is 6.17. The van der Waals surface area contributed by atoms with Crippen LogP contribution in [0.5, 0.6) is 5.75 Å². The zero-order valence-electron chi connectivity index (χ0n) is 15.4. The van der Waals surface area contributed by atoms with E-state index in [2.05, 4.69) is 30.8 Å². The van der Waals surface area contributed by atoms with Crippen molar-refractivity contribution in [2.75, 3.05) is 12.4 Å². The third-order valence-electron chi connectivity index (χ3n) is 3.70. The van der Waals surface area contributed by atoms with E-state index in [-0.39, 0.29) is 11.3 Å². The van der Waals surface area contributed by atoms with Gasteiger partial charge in [0, 0.05) is 11.8 Å². The van der Waals surface area contributed by atoms with Crippen LogP contribution >= 0.6 is 0 Å². The molecule has 0 saturated heterocycles. The molecule has 2 rings (SSSR count). The molecular weight excluding hydrogens is 330 g/mol. The van der Waals surface area contributed by atoms with E-state index in [1.165, 1.54) is 25.0 Å². The average Bonchev–Trinajstić information content (AvgIpc) is 2.61. The van der Waals surface area contributed by atoms with E-state index in [0.717, 1.165) is 0 Å². The second kappa shape index (κ2) is 8.34. The minimum Gasteiger partial charge on any atom is -0.465 e. The zero-order valence-corrected chi connectivity index (χ0v) is 15.4. The monoisotopic (exact) mass is 353 g/mol. The predicted octanol–water partition coefficient (Wildman–Crippen LogP) is 4.30. The molecule has 0 spiro atoms. The number of nitrogens with one attached hydrogen (secondary N) is 1. The summed E-state index contributed by atoms with van der Waals surface area (Å²) in [5.41, 5.74) is 2.14. The SMILES string of the molecule is COC(=O)c1cccc(NC(=O)/C=C/Oc2ccc(C(C)(C)C)cc2)c1. The van der Waals surface area contributed by atoms with Gasteiger partial charge in [0.1, 0.15) is 5.75 Å². The van der Waals surface area contributed by atoms with Gasteiger partial charge in [-0.1, -0.05) is 39.0 Å². The molecule has 1 amide bonds. The number of hydrogen-bond donors (Lipinski definition) is 1. The molecule has 1 N–H and O–H groups in total. The molecule has 5 heteroatoms. The molecule has 0 unspecified atom stereocenters. The van der Waals surface area contributed by atoms with Crippen LogP contribution in [-0.4, -0.2) is 19.0 Å². The Morgan fingerprint density at radius 2 is 1.73 bits per heavy atom. The minimum atomic E-state index is -0.460. The van der Waals surface area contributed by atoms with E-state index in [4.69, 9.17) is 4.74 Å². The first-order valence-electron chi connectivity index (χ1n) is 8.23. The maximum absolute atomic E-state index is 11.9. The summed E-state index contributed by atoms with van der Waals surface area (Å²) in [6.45, 7) is 6.42. The molecule has 0 aromatic heterocycles. The lowest BCUT2D eigenvalue weighted by Gasteiger charge is -2.18. The quantitative estimate of drug-likeness (QED) is 0.494. The molecule has 0 bridgehead atoms. The highest BCUT2D eigenvalue weighted by atomic mass is 16.5. The van der Waals surface area contributed by atoms with Gasteiger partial charge in [-0.2, -0.15) is 0 Å². The number of benzene rings is 2. The summed E-state index contributed by atoms with van der Waals surface area (Å²) in [4.78, 5) is 23.4. The van der Waals surface area contributed by atoms with Crippen molar-refractivity contribution in [1.82, 2.24) is 0 Å². The van der Waals surface area contributed by atoms with E-state index >= 15 is 0 Å². The van der Waals surface area contributed by atoms with Gasteiger partial charge in [-0.05, 0) is 41.3 Å². The van der Waals surface area contributed by atoms with Crippen molar-refractivity contribution in [2.45, 2.75) is 26.2 Å². The summed E-state index contributed by atoms with van der Waals surface area (Å²) in [7, 11) is 1.31. The van der Waals surface area contributed by atoms with Crippen molar-refractivity contribution >= 4 is 17.6 Å². The Balaban J connectivity index is 1.92. The molecule has 0 aliphatic rings. The lowest BCUT2D eigenvalue weighted by atomic mass is 9.87. The van der Waals surface area contributed by atoms with Gasteiger partial charge in [0.05, 0.1) is 18.9 Å². The molecule has 0 fully saturated rings. The molecule has 0 atom stereocenters. The number of esters is 1. The fourth-order valence-corrected chi connectivity index (χ4v) is 2.23. The standard InChI is InChI=1S/C21H23NO4/c1-21(2,3)16-8-10-18(11-9-16)26-13-12-19(23)22-17-7-5-6-15(14-17)20(24)25-4/h5-14H,1-4H3,(H,22,23)/b13-12+. The smallest absolute Gasteiger partial charge is 0.337 e. The molecule has 0 radical (unpaired) electrons. The summed E-state index contributed by atoms with van der Waals surface area (Å²) >= 11 is 0. The van der Waals surface area contributed by atoms with Crippen molar-refractivity contribution in [3.05, 3.63) is 72.0 Å². The van der Waals surface area contributed by atoms with Gasteiger partial charge >= 0.3 is 5.97 Å². The number of amides is 1. The number of carbonyl (C=O) groups is 2. The number of anilines is 1. The Morgan fingerprint density at radius 3 is 2.35 bits per heavy atom. The maximum atomic E-state index is 11.9. The first kappa shape index (κ1) is 19.2. The van der Waals surface area contributed by atoms with E-state index in [9.17, 15) is 9.59 Å². The Hall–Kier alpha value is -3.08. The fraction of sp³-hybridized carbons (Fsp3) is 0.238. The molecular formula is C21H23NO4. The van der Waals surface area contributed by atoms with Gasteiger partial charge < -0.3 is 14.8 Å². The average molecular weight is 353 g/mol. The Morgan fingerprint density at radius 1 is 1.04 bits per heavy atom. The third-order valence-corrected chi connectivity index (χ3v) is 3.70. The minimum absolute atomic E-state index is 0.0764. The molecule has 0 heterocycles. The van der Waals surface area contributed by atoms with Crippen molar-refractivity contribution in [3.8, 4) is 5.75 Å². The van der Waals surface area contributed by atoms with E-state index in [1.807, 2.05) is 24.3 Å². The van der Waals surface area contributed by atoms with Gasteiger partial charge in [-0.15, -0.1) is 0 Å². The van der Waals surface area contributed by atoms with Gasteiger partial charge in [-0.3, -0.25) is 4.79 Å². The molecule has 0 aliphatic carbocycles. The molecule has 0 saturated carbocycles. The highest BCUT2D eigenvalue weighted by Gasteiger charge is 2.12. The van der Waals surface area contributed by atoms with Crippen molar-refractivity contribution in [3.63, 3.8) is 0 Å². The second-order valence-corrected chi connectivity index (χ2v) is 6.76. The first-order valence-corrected chi connectivity index (χ1v) is 8.23. The number of methoxy groups -OCH3 is 1. The van der Waals surface area contributed by atoms with Crippen LogP contribution in [0, 0.1) is 0 Å². The third kappa shape index (κ3) is 5.48. The van der Waals surface area contributed by atoms with Gasteiger partial charge in [0.2, 0.25) is 0 Å². The first-order chi connectivity index (χ1) is 12.3. The van der Waals surface area contributed by atoms with Crippen LogP contribution in [0.2, 0.25) is 0 Å². The van der Waals surface area contributed by atoms with Crippen molar-refractivity contribution < 1.29 is 19.1 Å². The predicted molar refractivity (Wildman–Crippen MR) is 101 cm³/mol. The number of carbonyl (C=O) groups excluding carboxylic acids is 2. The van der Waals surface area contributed by atoms with Crippen LogP contribution in [0.1, 0.15) is 36.7 Å². The van der Waals surface area contributed by atoms with Crippen LogP contribution in [0.15, 0.2) is 60.9 Å². The van der Waals surface area contributed by atoms with E-state index in [1.54, 1.807) is 24.3 Å². The molecule has 0 aliphatic heterocycles. The number of rotatable bonds is 5. The number of ether oxygens (including phenoxy) is 2. The van der Waals surface area contributed by atoms with Crippen LogP contribution < -0.4 is 10.1 Å². The highest BCUT2D eigenvalue weighted by Crippen LogP contribution is 2.24. The lowest BCUT2D eigenvalue weighted by molar-refractivity contribution is -0.112. The van der Waals surface area contributed by atoms with Crippen LogP contribution in [-0.2, 0) is 14.9 Å². The fourth-order valence-electron chi connectivity index (χ4n) is 2.23. The highest BCUT2D eigenvalue weighted by molar-refractivity contribution is 6.00. The summed E-state index contributed by atoms with van der Waals surface area (Å²) in [5.74, 6) is -0.174. The van der Waals surface area contributed by atoms with E-state index in [0.29, 0.717) is 17.0 Å². The Bertz CT molecular complexity index is 802. The molecule has 5 nitrogen and oxygen atoms in total. The molecule has 26 heavy (non-hydrogen) atoms. The van der Waals surface area contributed by atoms with Gasteiger partial charge in [-0.25, -0.2) is 4.79 Å². The largest absolute Gasteiger partial charge is 0.465 e. The number of hydrogen-bond acceptors (Lipinski definition) is 4. The zero-order chi connectivity index (χ0) is 19.2. The molecule has 2 aromatic carbocycles. The van der Waals surface area contributed by atoms with Crippen LogP contribution in [0.4, 0.5) is 5.69 Å². The van der Waals surface area contributed by atoms with Crippen molar-refractivity contribution in [1.29, 1.82) is 0 Å². The summed E-state index contributed by atoms with van der Waals surface area (Å²) < 4.78 is 10.1. The van der Waals surface area contributed by atoms with E-state index < -0.39 is 5.97 Å².